The molecule has 1 aromatic carbocycles. The molecule has 0 unspecified atom stereocenters. The van der Waals surface area contributed by atoms with Gasteiger partial charge in [0.15, 0.2) is 5.69 Å². The molecule has 35 heavy (non-hydrogen) atoms. The van der Waals surface area contributed by atoms with Crippen LogP contribution in [-0.2, 0) is 6.18 Å². The van der Waals surface area contributed by atoms with Crippen LogP contribution >= 0.6 is 0 Å². The molecule has 186 valence electrons. The van der Waals surface area contributed by atoms with Crippen molar-refractivity contribution in [2.75, 3.05) is 5.32 Å². The van der Waals surface area contributed by atoms with Crippen molar-refractivity contribution in [2.45, 2.75) is 57.8 Å². The number of rotatable bonds is 4. The lowest BCUT2D eigenvalue weighted by molar-refractivity contribution is -0.140. The predicted octanol–water partition coefficient (Wildman–Crippen LogP) is 6.15. The molecule has 5 rings (SSSR count). The predicted molar refractivity (Wildman–Crippen MR) is 127 cm³/mol. The fourth-order valence-electron chi connectivity index (χ4n) is 4.44. The number of halogens is 4. The Morgan fingerprint density at radius 3 is 2.46 bits per heavy atom. The number of carbonyl (C=O) groups excluding carboxylic acids is 1. The number of benzene rings is 1. The number of imidazole rings is 1. The minimum absolute atomic E-state index is 0.0472. The summed E-state index contributed by atoms with van der Waals surface area (Å²) < 4.78 is 54.6. The number of nitrogens with zero attached hydrogens (tertiary/aromatic N) is 2. The van der Waals surface area contributed by atoms with Crippen molar-refractivity contribution >= 4 is 28.3 Å². The molecule has 0 saturated heterocycles. The summed E-state index contributed by atoms with van der Waals surface area (Å²) in [6.07, 6.45) is 0.840. The molecule has 1 aliphatic rings. The van der Waals surface area contributed by atoms with E-state index in [1.807, 2.05) is 13.8 Å². The topological polar surface area (TPSA) is 74.2 Å². The third-order valence-electron chi connectivity index (χ3n) is 6.10. The van der Waals surface area contributed by atoms with Crippen molar-refractivity contribution in [3.8, 4) is 0 Å². The molecule has 10 heteroatoms. The van der Waals surface area contributed by atoms with Gasteiger partial charge in [0.25, 0.3) is 5.91 Å². The molecular formula is C25H27F4N5O. The van der Waals surface area contributed by atoms with Gasteiger partial charge in [-0.15, -0.1) is 0 Å². The Bertz CT molecular complexity index is 1320. The van der Waals surface area contributed by atoms with Gasteiger partial charge in [-0.25, -0.2) is 9.37 Å². The molecule has 1 amide bonds. The first-order valence-corrected chi connectivity index (χ1v) is 11.7. The van der Waals surface area contributed by atoms with Crippen molar-refractivity contribution in [1.82, 2.24) is 19.7 Å². The van der Waals surface area contributed by atoms with Gasteiger partial charge < -0.3 is 15.6 Å². The number of alkyl halides is 3. The average molecular weight is 490 g/mol. The molecular weight excluding hydrogens is 462 g/mol. The van der Waals surface area contributed by atoms with Crippen LogP contribution in [0.5, 0.6) is 0 Å². The molecule has 4 aromatic rings. The maximum Gasteiger partial charge on any atom is 0.434 e. The van der Waals surface area contributed by atoms with E-state index in [0.717, 1.165) is 19.0 Å². The van der Waals surface area contributed by atoms with Crippen molar-refractivity contribution < 1.29 is 22.4 Å². The Balaban J connectivity index is 0.00000141. The molecule has 0 atom stereocenters. The number of amides is 1. The highest BCUT2D eigenvalue weighted by atomic mass is 19.4. The molecule has 3 heterocycles. The first-order chi connectivity index (χ1) is 16.8. The second-order valence-electron chi connectivity index (χ2n) is 8.29. The molecule has 0 radical (unpaired) electrons. The Kier molecular flexibility index (Phi) is 7.00. The van der Waals surface area contributed by atoms with Crippen LogP contribution in [0, 0.1) is 5.82 Å². The van der Waals surface area contributed by atoms with E-state index in [9.17, 15) is 22.4 Å². The van der Waals surface area contributed by atoms with Gasteiger partial charge in [0.05, 0.1) is 5.56 Å². The maximum absolute atomic E-state index is 14.2. The van der Waals surface area contributed by atoms with Gasteiger partial charge >= 0.3 is 6.18 Å². The zero-order valence-corrected chi connectivity index (χ0v) is 19.4. The van der Waals surface area contributed by atoms with Gasteiger partial charge in [-0.1, -0.05) is 26.0 Å². The highest BCUT2D eigenvalue weighted by Crippen LogP contribution is 2.30. The second kappa shape index (κ2) is 9.97. The number of aromatic amines is 1. The van der Waals surface area contributed by atoms with Crippen molar-refractivity contribution in [3.05, 3.63) is 65.9 Å². The minimum Gasteiger partial charge on any atom is -0.368 e. The third-order valence-corrected chi connectivity index (χ3v) is 6.10. The smallest absolute Gasteiger partial charge is 0.368 e. The lowest BCUT2D eigenvalue weighted by Crippen LogP contribution is -2.40. The van der Waals surface area contributed by atoms with E-state index in [1.165, 1.54) is 22.7 Å². The number of nitrogens with one attached hydrogen (secondary N) is 3. The van der Waals surface area contributed by atoms with E-state index >= 15 is 0 Å². The lowest BCUT2D eigenvalue weighted by Gasteiger charge is -2.30. The van der Waals surface area contributed by atoms with E-state index in [4.69, 9.17) is 0 Å². The molecule has 0 bridgehead atoms. The molecule has 1 fully saturated rings. The highest BCUT2D eigenvalue weighted by Gasteiger charge is 2.34. The summed E-state index contributed by atoms with van der Waals surface area (Å²) in [5.41, 5.74) is 0.127. The minimum atomic E-state index is -4.51. The zero-order chi connectivity index (χ0) is 25.2. The number of pyridine rings is 1. The zero-order valence-electron chi connectivity index (χ0n) is 19.4. The third kappa shape index (κ3) is 5.11. The summed E-state index contributed by atoms with van der Waals surface area (Å²) in [4.78, 5) is 19.3. The van der Waals surface area contributed by atoms with E-state index in [1.54, 1.807) is 24.3 Å². The summed E-state index contributed by atoms with van der Waals surface area (Å²) in [5, 5.41) is 6.57. The van der Waals surface area contributed by atoms with Gasteiger partial charge in [-0.2, -0.15) is 13.2 Å². The van der Waals surface area contributed by atoms with Crippen LogP contribution in [0.1, 0.15) is 55.6 Å². The Morgan fingerprint density at radius 2 is 1.74 bits per heavy atom. The maximum atomic E-state index is 14.2. The van der Waals surface area contributed by atoms with Crippen LogP contribution < -0.4 is 10.6 Å². The normalized spacial score (nSPS) is 18.2. The highest BCUT2D eigenvalue weighted by molar-refractivity contribution is 6.07. The van der Waals surface area contributed by atoms with E-state index in [0.29, 0.717) is 24.2 Å². The number of fused-ring (bicyclic) bond motifs is 2. The monoisotopic (exact) mass is 489 g/mol. The number of H-pyrrole nitrogens is 1. The standard InChI is InChI=1S/C23H21F4N5O.C2H6/c24-16-3-1-4-17-21(16)15(11-28-17)22(33)30-14-9-7-13(8-10-14)29-19-5-2-6-20-31-18(12-32(19)20)23(25,26)27;1-2/h1-6,11-14,28-29H,7-10H2,(H,30,33);1-2H3. The number of anilines is 1. The number of hydrogen-bond acceptors (Lipinski definition) is 3. The Hall–Kier alpha value is -3.56. The Labute approximate surface area is 199 Å². The van der Waals surface area contributed by atoms with Crippen molar-refractivity contribution in [3.63, 3.8) is 0 Å². The van der Waals surface area contributed by atoms with Crippen LogP contribution in [-0.4, -0.2) is 32.4 Å². The van der Waals surface area contributed by atoms with Gasteiger partial charge in [0.1, 0.15) is 17.3 Å². The molecule has 1 aliphatic carbocycles. The number of carbonyl (C=O) groups is 1. The van der Waals surface area contributed by atoms with Crippen LogP contribution in [0.15, 0.2) is 48.8 Å². The molecule has 3 N–H and O–H groups in total. The van der Waals surface area contributed by atoms with Crippen LogP contribution in [0.2, 0.25) is 0 Å². The van der Waals surface area contributed by atoms with Crippen LogP contribution in [0.4, 0.5) is 23.4 Å². The summed E-state index contributed by atoms with van der Waals surface area (Å²) >= 11 is 0. The van der Waals surface area contributed by atoms with Gasteiger partial charge in [0.2, 0.25) is 0 Å². The van der Waals surface area contributed by atoms with Crippen LogP contribution in [0.3, 0.4) is 0 Å². The van der Waals surface area contributed by atoms with Gasteiger partial charge in [-0.05, 0) is 49.9 Å². The van der Waals surface area contributed by atoms with Gasteiger partial charge in [-0.3, -0.25) is 9.20 Å². The van der Waals surface area contributed by atoms with Crippen LogP contribution in [0.25, 0.3) is 16.6 Å². The average Bonchev–Trinajstić information content (AvgIpc) is 3.48. The van der Waals surface area contributed by atoms with E-state index in [-0.39, 0.29) is 34.6 Å². The van der Waals surface area contributed by atoms with Crippen molar-refractivity contribution in [1.29, 1.82) is 0 Å². The fraction of sp³-hybridized carbons (Fsp3) is 0.360. The second-order valence-corrected chi connectivity index (χ2v) is 8.29. The quantitative estimate of drug-likeness (QED) is 0.301. The number of hydrogen-bond donors (Lipinski definition) is 3. The van der Waals surface area contributed by atoms with E-state index in [2.05, 4.69) is 20.6 Å². The molecule has 0 spiro atoms. The lowest BCUT2D eigenvalue weighted by atomic mass is 9.91. The first kappa shape index (κ1) is 24.6. The van der Waals surface area contributed by atoms with Crippen molar-refractivity contribution in [2.24, 2.45) is 0 Å². The summed E-state index contributed by atoms with van der Waals surface area (Å²) in [5.74, 6) is -0.239. The molecule has 3 aromatic heterocycles. The molecule has 6 nitrogen and oxygen atoms in total. The molecule has 0 aliphatic heterocycles. The SMILES string of the molecule is CC.O=C(NC1CCC(Nc2cccc3nc(C(F)(F)F)cn23)CC1)c1c[nH]c2cccc(F)c12. The largest absolute Gasteiger partial charge is 0.434 e. The summed E-state index contributed by atoms with van der Waals surface area (Å²) in [7, 11) is 0. The van der Waals surface area contributed by atoms with Gasteiger partial charge in [0, 0.05) is 35.4 Å². The Morgan fingerprint density at radius 1 is 1.06 bits per heavy atom. The summed E-state index contributed by atoms with van der Waals surface area (Å²) in [6, 6.07) is 9.51. The number of aromatic nitrogens is 3. The first-order valence-electron chi connectivity index (χ1n) is 11.7. The van der Waals surface area contributed by atoms with E-state index < -0.39 is 17.7 Å². The fourth-order valence-corrected chi connectivity index (χ4v) is 4.44. The summed E-state index contributed by atoms with van der Waals surface area (Å²) in [6.45, 7) is 4.00. The molecule has 1 saturated carbocycles.